The molecule has 0 aliphatic carbocycles. The molecule has 0 atom stereocenters. The van der Waals surface area contributed by atoms with Crippen LogP contribution in [0.5, 0.6) is 0 Å². The Morgan fingerprint density at radius 3 is 2.21 bits per heavy atom. The summed E-state index contributed by atoms with van der Waals surface area (Å²) in [4.78, 5) is 26.9. The van der Waals surface area contributed by atoms with E-state index in [4.69, 9.17) is 5.73 Å². The third kappa shape index (κ3) is 10.1. The molecular formula is C15H29N3O6. The zero-order valence-electron chi connectivity index (χ0n) is 14.4. The predicted octanol–water partition coefficient (Wildman–Crippen LogP) is 0.0316. The molecule has 9 heteroatoms. The summed E-state index contributed by atoms with van der Waals surface area (Å²) in [6, 6.07) is 0. The van der Waals surface area contributed by atoms with E-state index in [1.807, 2.05) is 0 Å². The Bertz CT molecular complexity index is 420. The molecule has 0 aromatic carbocycles. The molecule has 0 radical (unpaired) electrons. The molecule has 0 fully saturated rings. The number of nitrogens with zero attached hydrogens (tertiary/aromatic N) is 2. The number of carbonyl (C=O) groups is 2. The average Bonchev–Trinajstić information content (AvgIpc) is 2.47. The largest absolute Gasteiger partial charge is 0.465 e. The average molecular weight is 347 g/mol. The van der Waals surface area contributed by atoms with Crippen molar-refractivity contribution in [3.05, 3.63) is 0 Å². The minimum Gasteiger partial charge on any atom is -0.465 e. The number of ether oxygens (including phenoxy) is 1. The Labute approximate surface area is 142 Å². The lowest BCUT2D eigenvalue weighted by Gasteiger charge is -2.29. The van der Waals surface area contributed by atoms with Crippen LogP contribution in [0.3, 0.4) is 0 Å². The van der Waals surface area contributed by atoms with Crippen molar-refractivity contribution in [3.8, 4) is 0 Å². The third-order valence-electron chi connectivity index (χ3n) is 3.21. The summed E-state index contributed by atoms with van der Waals surface area (Å²) in [5, 5.41) is 27.7. The van der Waals surface area contributed by atoms with Gasteiger partial charge in [0, 0.05) is 6.42 Å². The van der Waals surface area contributed by atoms with Crippen LogP contribution < -0.4 is 5.73 Å². The highest BCUT2D eigenvalue weighted by Crippen LogP contribution is 2.09. The van der Waals surface area contributed by atoms with E-state index in [0.29, 0.717) is 6.42 Å². The summed E-state index contributed by atoms with van der Waals surface area (Å²) in [6.07, 6.45) is 2.69. The summed E-state index contributed by atoms with van der Waals surface area (Å²) in [7, 11) is 0. The number of aliphatic imine (C=N–C) groups is 1. The van der Waals surface area contributed by atoms with E-state index in [-0.39, 0.29) is 17.9 Å². The maximum absolute atomic E-state index is 11.7. The van der Waals surface area contributed by atoms with Gasteiger partial charge in [-0.15, -0.1) is 0 Å². The Hall–Kier alpha value is -1.71. The van der Waals surface area contributed by atoms with Gasteiger partial charge in [-0.1, -0.05) is 39.0 Å². The van der Waals surface area contributed by atoms with Gasteiger partial charge in [0.25, 0.3) is 0 Å². The van der Waals surface area contributed by atoms with Gasteiger partial charge in [-0.2, -0.15) is 4.99 Å². The Morgan fingerprint density at radius 2 is 1.67 bits per heavy atom. The molecule has 0 saturated heterocycles. The molecular weight excluding hydrogens is 318 g/mol. The highest BCUT2D eigenvalue weighted by Gasteiger charge is 2.33. The van der Waals surface area contributed by atoms with E-state index in [1.54, 1.807) is 6.92 Å². The number of aliphatic hydroxyl groups is 3. The Kier molecular flexibility index (Phi) is 10.9. The van der Waals surface area contributed by atoms with E-state index in [0.717, 1.165) is 32.1 Å². The summed E-state index contributed by atoms with van der Waals surface area (Å²) >= 11 is 0. The molecule has 0 spiro atoms. The fraction of sp³-hybridized carbons (Fsp3) is 0.800. The molecule has 0 heterocycles. The van der Waals surface area contributed by atoms with Crippen LogP contribution in [0, 0.1) is 0 Å². The SMILES string of the molecule is CCCCCCCCC(=O)N=C(N)N(CC(=O)OCC)C(O)(O)O. The molecule has 0 saturated carbocycles. The smallest absolute Gasteiger partial charge is 0.372 e. The topological polar surface area (TPSA) is 146 Å². The van der Waals surface area contributed by atoms with Crippen LogP contribution >= 0.6 is 0 Å². The van der Waals surface area contributed by atoms with Crippen LogP contribution in [0.2, 0.25) is 0 Å². The van der Waals surface area contributed by atoms with Crippen molar-refractivity contribution < 1.29 is 29.6 Å². The van der Waals surface area contributed by atoms with Gasteiger partial charge in [0.1, 0.15) is 6.54 Å². The van der Waals surface area contributed by atoms with Crippen LogP contribution in [0.4, 0.5) is 0 Å². The number of carbonyl (C=O) groups excluding carboxylic acids is 2. The van der Waals surface area contributed by atoms with E-state index in [9.17, 15) is 24.9 Å². The van der Waals surface area contributed by atoms with Gasteiger partial charge in [0.2, 0.25) is 11.9 Å². The molecule has 0 rings (SSSR count). The molecule has 0 aliphatic rings. The number of esters is 1. The monoisotopic (exact) mass is 347 g/mol. The first-order chi connectivity index (χ1) is 11.2. The highest BCUT2D eigenvalue weighted by molar-refractivity contribution is 5.93. The molecule has 1 amide bonds. The fourth-order valence-corrected chi connectivity index (χ4v) is 1.98. The van der Waals surface area contributed by atoms with Crippen molar-refractivity contribution in [2.75, 3.05) is 13.2 Å². The minimum absolute atomic E-state index is 0.0654. The van der Waals surface area contributed by atoms with E-state index in [2.05, 4.69) is 16.7 Å². The molecule has 0 unspecified atom stereocenters. The number of nitrogens with two attached hydrogens (primary N) is 1. The third-order valence-corrected chi connectivity index (χ3v) is 3.21. The van der Waals surface area contributed by atoms with Gasteiger partial charge >= 0.3 is 12.1 Å². The second-order valence-corrected chi connectivity index (χ2v) is 5.37. The Morgan fingerprint density at radius 1 is 1.08 bits per heavy atom. The molecule has 140 valence electrons. The number of hydrogen-bond acceptors (Lipinski definition) is 6. The first-order valence-corrected chi connectivity index (χ1v) is 8.19. The van der Waals surface area contributed by atoms with Gasteiger partial charge in [0.15, 0.2) is 0 Å². The highest BCUT2D eigenvalue weighted by atomic mass is 16.7. The van der Waals surface area contributed by atoms with Crippen molar-refractivity contribution in [2.24, 2.45) is 10.7 Å². The van der Waals surface area contributed by atoms with Crippen molar-refractivity contribution in [3.63, 3.8) is 0 Å². The summed E-state index contributed by atoms with van der Waals surface area (Å²) in [5.74, 6) is -2.10. The van der Waals surface area contributed by atoms with E-state index >= 15 is 0 Å². The van der Waals surface area contributed by atoms with Crippen LogP contribution in [-0.4, -0.2) is 57.3 Å². The zero-order chi connectivity index (χ0) is 18.6. The maximum Gasteiger partial charge on any atom is 0.372 e. The normalized spacial score (nSPS) is 12.1. The number of rotatable bonds is 11. The van der Waals surface area contributed by atoms with Crippen molar-refractivity contribution in [1.29, 1.82) is 0 Å². The molecule has 0 aromatic heterocycles. The van der Waals surface area contributed by atoms with Crippen molar-refractivity contribution in [1.82, 2.24) is 4.90 Å². The van der Waals surface area contributed by atoms with Crippen LogP contribution in [-0.2, 0) is 14.3 Å². The molecule has 0 aliphatic heterocycles. The van der Waals surface area contributed by atoms with Gasteiger partial charge in [-0.05, 0) is 13.3 Å². The zero-order valence-corrected chi connectivity index (χ0v) is 14.4. The summed E-state index contributed by atoms with van der Waals surface area (Å²) in [5.41, 5.74) is 5.49. The van der Waals surface area contributed by atoms with Gasteiger partial charge < -0.3 is 25.8 Å². The van der Waals surface area contributed by atoms with E-state index in [1.165, 1.54) is 0 Å². The van der Waals surface area contributed by atoms with Crippen LogP contribution in [0.25, 0.3) is 0 Å². The van der Waals surface area contributed by atoms with Gasteiger partial charge in [-0.3, -0.25) is 14.5 Å². The van der Waals surface area contributed by atoms with Gasteiger partial charge in [-0.25, -0.2) is 0 Å². The predicted molar refractivity (Wildman–Crippen MR) is 87.3 cm³/mol. The fourth-order valence-electron chi connectivity index (χ4n) is 1.98. The van der Waals surface area contributed by atoms with Crippen molar-refractivity contribution in [2.45, 2.75) is 64.9 Å². The summed E-state index contributed by atoms with van der Waals surface area (Å²) < 4.78 is 4.62. The quantitative estimate of drug-likeness (QED) is 0.135. The minimum atomic E-state index is -3.43. The van der Waals surface area contributed by atoms with Crippen LogP contribution in [0.15, 0.2) is 4.99 Å². The first kappa shape index (κ1) is 22.3. The number of amides is 1. The second kappa shape index (κ2) is 11.8. The second-order valence-electron chi connectivity index (χ2n) is 5.37. The van der Waals surface area contributed by atoms with Crippen molar-refractivity contribution >= 4 is 17.8 Å². The molecule has 5 N–H and O–H groups in total. The number of unbranched alkanes of at least 4 members (excludes halogenated alkanes) is 5. The lowest BCUT2D eigenvalue weighted by Crippen LogP contribution is -2.56. The Balaban J connectivity index is 4.54. The number of hydrogen-bond donors (Lipinski definition) is 4. The van der Waals surface area contributed by atoms with Crippen LogP contribution in [0.1, 0.15) is 58.8 Å². The number of guanidine groups is 1. The van der Waals surface area contributed by atoms with E-state index < -0.39 is 30.5 Å². The standard InChI is InChI=1S/C15H29N3O6/c1-3-5-6-7-8-9-10-12(19)17-14(16)18(15(21,22)23)11-13(20)24-4-2/h21-23H,3-11H2,1-2H3,(H2,16,17,19). The molecule has 0 bridgehead atoms. The lowest BCUT2D eigenvalue weighted by molar-refractivity contribution is -0.374. The maximum atomic E-state index is 11.7. The molecule has 9 nitrogen and oxygen atoms in total. The molecule has 0 aromatic rings. The molecule has 24 heavy (non-hydrogen) atoms. The lowest BCUT2D eigenvalue weighted by atomic mass is 10.1. The van der Waals surface area contributed by atoms with Gasteiger partial charge in [0.05, 0.1) is 6.61 Å². The summed E-state index contributed by atoms with van der Waals surface area (Å²) in [6.45, 7) is 2.98. The first-order valence-electron chi connectivity index (χ1n) is 8.19.